The maximum absolute atomic E-state index is 10.5. The van der Waals surface area contributed by atoms with Gasteiger partial charge in [0.2, 0.25) is 0 Å². The van der Waals surface area contributed by atoms with Gasteiger partial charge in [0.1, 0.15) is 18.2 Å². The van der Waals surface area contributed by atoms with Gasteiger partial charge in [0.05, 0.1) is 11.7 Å². The van der Waals surface area contributed by atoms with Crippen LogP contribution >= 0.6 is 22.7 Å². The van der Waals surface area contributed by atoms with Crippen LogP contribution in [0, 0.1) is 0 Å². The zero-order valence-electron chi connectivity index (χ0n) is 12.6. The number of thiophene rings is 2. The summed E-state index contributed by atoms with van der Waals surface area (Å²) in [6.45, 7) is 0.387. The molecule has 120 valence electrons. The van der Waals surface area contributed by atoms with Crippen LogP contribution in [0.2, 0.25) is 0 Å². The van der Waals surface area contributed by atoms with Crippen molar-refractivity contribution in [2.75, 3.05) is 11.9 Å². The third-order valence-electron chi connectivity index (χ3n) is 3.66. The topological polar surface area (TPSA) is 70.9 Å². The Morgan fingerprint density at radius 1 is 1.17 bits per heavy atom. The largest absolute Gasteiger partial charge is 0.386 e. The maximum Gasteiger partial charge on any atom is 0.137 e. The second-order valence-corrected chi connectivity index (χ2v) is 7.12. The van der Waals surface area contributed by atoms with Crippen molar-refractivity contribution in [2.45, 2.75) is 6.10 Å². The second-order valence-electron chi connectivity index (χ2n) is 5.23. The molecule has 5 nitrogen and oxygen atoms in total. The van der Waals surface area contributed by atoms with Gasteiger partial charge in [0, 0.05) is 33.4 Å². The first kappa shape index (κ1) is 15.2. The van der Waals surface area contributed by atoms with E-state index in [2.05, 4.69) is 43.2 Å². The lowest BCUT2D eigenvalue weighted by Gasteiger charge is -2.12. The molecule has 4 rings (SSSR count). The number of aromatic nitrogens is 3. The van der Waals surface area contributed by atoms with Crippen molar-refractivity contribution < 1.29 is 5.11 Å². The van der Waals surface area contributed by atoms with E-state index >= 15 is 0 Å². The summed E-state index contributed by atoms with van der Waals surface area (Å²) < 4.78 is 0. The molecule has 0 aromatic carbocycles. The van der Waals surface area contributed by atoms with Crippen LogP contribution in [0.4, 0.5) is 5.82 Å². The normalized spacial score (nSPS) is 12.4. The van der Waals surface area contributed by atoms with E-state index in [0.717, 1.165) is 15.8 Å². The summed E-state index contributed by atoms with van der Waals surface area (Å²) in [7, 11) is 0. The van der Waals surface area contributed by atoms with Crippen LogP contribution in [0.3, 0.4) is 0 Å². The molecule has 0 amide bonds. The number of pyridine rings is 1. The van der Waals surface area contributed by atoms with E-state index in [9.17, 15) is 5.11 Å². The van der Waals surface area contributed by atoms with Gasteiger partial charge in [0.15, 0.2) is 0 Å². The standard InChI is InChI=1S/C17H14N4OS2/c22-14(16-2-1-15(24-16)11-4-6-23-9-11)8-19-17-12-3-5-18-7-13(12)20-10-21-17/h1-7,9-10,14,22H,8H2,(H,19,20,21)/t14-/m0/s1. The number of aliphatic hydroxyl groups excluding tert-OH is 1. The van der Waals surface area contributed by atoms with Crippen LogP contribution in [0.25, 0.3) is 21.3 Å². The Morgan fingerprint density at radius 2 is 2.12 bits per heavy atom. The molecule has 24 heavy (non-hydrogen) atoms. The highest BCUT2D eigenvalue weighted by atomic mass is 32.1. The molecule has 0 radical (unpaired) electrons. The Hall–Kier alpha value is -2.35. The summed E-state index contributed by atoms with van der Waals surface area (Å²) in [6.07, 6.45) is 4.32. The third-order valence-corrected chi connectivity index (χ3v) is 5.58. The van der Waals surface area contributed by atoms with E-state index in [1.165, 1.54) is 16.8 Å². The van der Waals surface area contributed by atoms with Crippen molar-refractivity contribution in [1.82, 2.24) is 15.0 Å². The van der Waals surface area contributed by atoms with Crippen molar-refractivity contribution >= 4 is 39.4 Å². The Balaban J connectivity index is 1.49. The van der Waals surface area contributed by atoms with E-state index in [4.69, 9.17) is 0 Å². The van der Waals surface area contributed by atoms with Crippen LogP contribution in [0.5, 0.6) is 0 Å². The molecule has 1 atom stereocenters. The molecule has 0 aliphatic rings. The highest BCUT2D eigenvalue weighted by molar-refractivity contribution is 7.16. The summed E-state index contributed by atoms with van der Waals surface area (Å²) in [6, 6.07) is 7.99. The van der Waals surface area contributed by atoms with Crippen molar-refractivity contribution in [2.24, 2.45) is 0 Å². The molecular formula is C17H14N4OS2. The van der Waals surface area contributed by atoms with Crippen molar-refractivity contribution in [1.29, 1.82) is 0 Å². The van der Waals surface area contributed by atoms with Gasteiger partial charge < -0.3 is 10.4 Å². The molecule has 4 heterocycles. The monoisotopic (exact) mass is 354 g/mol. The molecule has 4 aromatic rings. The maximum atomic E-state index is 10.5. The summed E-state index contributed by atoms with van der Waals surface area (Å²) in [5.41, 5.74) is 1.98. The lowest BCUT2D eigenvalue weighted by Crippen LogP contribution is -2.12. The number of rotatable bonds is 5. The molecule has 4 aromatic heterocycles. The van der Waals surface area contributed by atoms with E-state index in [1.54, 1.807) is 35.1 Å². The molecule has 0 fully saturated rings. The van der Waals surface area contributed by atoms with Gasteiger partial charge in [-0.1, -0.05) is 0 Å². The molecule has 0 spiro atoms. The number of fused-ring (bicyclic) bond motifs is 1. The molecule has 0 saturated heterocycles. The number of aliphatic hydroxyl groups is 1. The Morgan fingerprint density at radius 3 is 3.00 bits per heavy atom. The summed E-state index contributed by atoms with van der Waals surface area (Å²) >= 11 is 3.28. The fraction of sp³-hybridized carbons (Fsp3) is 0.118. The van der Waals surface area contributed by atoms with Gasteiger partial charge in [-0.15, -0.1) is 11.3 Å². The Kier molecular flexibility index (Phi) is 4.20. The minimum Gasteiger partial charge on any atom is -0.386 e. The average molecular weight is 354 g/mol. The Bertz CT molecular complexity index is 947. The minimum absolute atomic E-state index is 0.387. The van der Waals surface area contributed by atoms with Crippen LogP contribution in [0.15, 0.2) is 53.7 Å². The molecule has 0 aliphatic heterocycles. The smallest absolute Gasteiger partial charge is 0.137 e. The van der Waals surface area contributed by atoms with E-state index < -0.39 is 6.10 Å². The summed E-state index contributed by atoms with van der Waals surface area (Å²) in [4.78, 5) is 14.6. The van der Waals surface area contributed by atoms with Crippen molar-refractivity contribution in [3.05, 3.63) is 58.6 Å². The zero-order chi connectivity index (χ0) is 16.4. The molecule has 0 saturated carbocycles. The molecule has 0 unspecified atom stereocenters. The van der Waals surface area contributed by atoms with E-state index in [-0.39, 0.29) is 0 Å². The Labute approximate surface area is 146 Å². The molecule has 0 bridgehead atoms. The number of anilines is 1. The fourth-order valence-corrected chi connectivity index (χ4v) is 4.15. The van der Waals surface area contributed by atoms with Gasteiger partial charge in [-0.2, -0.15) is 11.3 Å². The lowest BCUT2D eigenvalue weighted by molar-refractivity contribution is 0.195. The number of nitrogens with zero attached hydrogens (tertiary/aromatic N) is 3. The minimum atomic E-state index is -0.589. The average Bonchev–Trinajstić information content (AvgIpc) is 3.30. The first-order valence-electron chi connectivity index (χ1n) is 7.40. The first-order valence-corrected chi connectivity index (χ1v) is 9.16. The molecule has 0 aliphatic carbocycles. The quantitative estimate of drug-likeness (QED) is 0.568. The van der Waals surface area contributed by atoms with E-state index in [1.807, 2.05) is 12.1 Å². The van der Waals surface area contributed by atoms with Crippen LogP contribution in [0.1, 0.15) is 11.0 Å². The SMILES string of the molecule is O[C@@H](CNc1ncnc2cnccc12)c1ccc(-c2ccsc2)s1. The first-order chi connectivity index (χ1) is 11.8. The van der Waals surface area contributed by atoms with Crippen LogP contribution < -0.4 is 5.32 Å². The van der Waals surface area contributed by atoms with Crippen molar-refractivity contribution in [3.8, 4) is 10.4 Å². The number of hydrogen-bond acceptors (Lipinski definition) is 7. The van der Waals surface area contributed by atoms with Crippen molar-refractivity contribution in [3.63, 3.8) is 0 Å². The zero-order valence-corrected chi connectivity index (χ0v) is 14.2. The lowest BCUT2D eigenvalue weighted by atomic mass is 10.2. The predicted molar refractivity (Wildman–Crippen MR) is 98.4 cm³/mol. The number of hydrogen-bond donors (Lipinski definition) is 2. The molecule has 2 N–H and O–H groups in total. The van der Waals surface area contributed by atoms with Gasteiger partial charge in [-0.3, -0.25) is 4.98 Å². The fourth-order valence-electron chi connectivity index (χ4n) is 2.43. The highest BCUT2D eigenvalue weighted by Gasteiger charge is 2.13. The second kappa shape index (κ2) is 6.64. The summed E-state index contributed by atoms with van der Waals surface area (Å²) in [5, 5.41) is 18.7. The van der Waals surface area contributed by atoms with Crippen LogP contribution in [-0.4, -0.2) is 26.6 Å². The third kappa shape index (κ3) is 3.01. The van der Waals surface area contributed by atoms with E-state index in [0.29, 0.717) is 12.4 Å². The molecular weight excluding hydrogens is 340 g/mol. The predicted octanol–water partition coefficient (Wildman–Crippen LogP) is 3.96. The molecule has 7 heteroatoms. The number of nitrogens with one attached hydrogen (secondary N) is 1. The van der Waals surface area contributed by atoms with Crippen LogP contribution in [-0.2, 0) is 0 Å². The van der Waals surface area contributed by atoms with Gasteiger partial charge in [-0.05, 0) is 35.0 Å². The highest BCUT2D eigenvalue weighted by Crippen LogP contribution is 2.32. The van der Waals surface area contributed by atoms with Gasteiger partial charge in [0.25, 0.3) is 0 Å². The van der Waals surface area contributed by atoms with Gasteiger partial charge in [-0.25, -0.2) is 9.97 Å². The van der Waals surface area contributed by atoms with Gasteiger partial charge >= 0.3 is 0 Å². The summed E-state index contributed by atoms with van der Waals surface area (Å²) in [5.74, 6) is 0.705.